The molecule has 0 radical (unpaired) electrons. The van der Waals surface area contributed by atoms with E-state index in [-0.39, 0.29) is 11.4 Å². The molecule has 1 unspecified atom stereocenters. The van der Waals surface area contributed by atoms with E-state index in [1.165, 1.54) is 6.20 Å². The van der Waals surface area contributed by atoms with E-state index in [0.29, 0.717) is 0 Å². The summed E-state index contributed by atoms with van der Waals surface area (Å²) in [5, 5.41) is 3.46. The molecule has 0 spiro atoms. The molecule has 1 aromatic heterocycles. The molecular weight excluding hydrogens is 179 g/mol. The summed E-state index contributed by atoms with van der Waals surface area (Å²) < 4.78 is 13.0. The Bertz CT molecular complexity index is 319. The number of hydrogen-bond acceptors (Lipinski definition) is 2. The average molecular weight is 194 g/mol. The SMILES string of the molecule is CCC1(c2cncc(F)c2)CCCN1. The number of pyridine rings is 1. The maximum absolute atomic E-state index is 13.0. The van der Waals surface area contributed by atoms with Crippen LogP contribution in [-0.2, 0) is 5.54 Å². The predicted octanol–water partition coefficient (Wildman–Crippen LogP) is 2.21. The van der Waals surface area contributed by atoms with Crippen LogP contribution in [0.3, 0.4) is 0 Å². The first kappa shape index (κ1) is 9.59. The molecule has 0 bridgehead atoms. The Morgan fingerprint density at radius 1 is 1.57 bits per heavy atom. The molecule has 2 nitrogen and oxygen atoms in total. The Hall–Kier alpha value is -0.960. The Morgan fingerprint density at radius 2 is 2.43 bits per heavy atom. The van der Waals surface area contributed by atoms with E-state index in [4.69, 9.17) is 0 Å². The maximum atomic E-state index is 13.0. The smallest absolute Gasteiger partial charge is 0.141 e. The summed E-state index contributed by atoms with van der Waals surface area (Å²) in [5.74, 6) is -0.246. The second-order valence-electron chi connectivity index (χ2n) is 3.86. The third-order valence-electron chi connectivity index (χ3n) is 3.10. The summed E-state index contributed by atoms with van der Waals surface area (Å²) in [7, 11) is 0. The standard InChI is InChI=1S/C11H15FN2/c1-2-11(4-3-5-14-11)9-6-10(12)8-13-7-9/h6-8,14H,2-5H2,1H3. The van der Waals surface area contributed by atoms with E-state index in [1.807, 2.05) is 0 Å². The van der Waals surface area contributed by atoms with Gasteiger partial charge in [0, 0.05) is 11.7 Å². The summed E-state index contributed by atoms with van der Waals surface area (Å²) in [4.78, 5) is 3.91. The highest BCUT2D eigenvalue weighted by Crippen LogP contribution is 2.33. The highest BCUT2D eigenvalue weighted by atomic mass is 19.1. The summed E-state index contributed by atoms with van der Waals surface area (Å²) in [6.45, 7) is 3.15. The molecule has 2 heterocycles. The second-order valence-corrected chi connectivity index (χ2v) is 3.86. The fourth-order valence-corrected chi connectivity index (χ4v) is 2.23. The number of aromatic nitrogens is 1. The van der Waals surface area contributed by atoms with E-state index in [1.54, 1.807) is 12.3 Å². The van der Waals surface area contributed by atoms with E-state index in [9.17, 15) is 4.39 Å². The van der Waals surface area contributed by atoms with Gasteiger partial charge in [0.05, 0.1) is 6.20 Å². The van der Waals surface area contributed by atoms with Crippen LogP contribution < -0.4 is 5.32 Å². The van der Waals surface area contributed by atoms with Gasteiger partial charge >= 0.3 is 0 Å². The number of nitrogens with zero attached hydrogens (tertiary/aromatic N) is 1. The molecule has 1 fully saturated rings. The topological polar surface area (TPSA) is 24.9 Å². The lowest BCUT2D eigenvalue weighted by Crippen LogP contribution is -2.36. The minimum Gasteiger partial charge on any atom is -0.307 e. The van der Waals surface area contributed by atoms with Gasteiger partial charge in [0.1, 0.15) is 5.82 Å². The molecule has 14 heavy (non-hydrogen) atoms. The van der Waals surface area contributed by atoms with Crippen LogP contribution in [0, 0.1) is 5.82 Å². The highest BCUT2D eigenvalue weighted by Gasteiger charge is 2.33. The summed E-state index contributed by atoms with van der Waals surface area (Å²) >= 11 is 0. The quantitative estimate of drug-likeness (QED) is 0.780. The lowest BCUT2D eigenvalue weighted by Gasteiger charge is -2.28. The molecule has 0 saturated carbocycles. The molecule has 1 aromatic rings. The molecule has 2 rings (SSSR count). The molecule has 1 aliphatic heterocycles. The third kappa shape index (κ3) is 1.52. The first-order chi connectivity index (χ1) is 6.77. The van der Waals surface area contributed by atoms with Gasteiger partial charge in [0.2, 0.25) is 0 Å². The zero-order valence-electron chi connectivity index (χ0n) is 8.39. The van der Waals surface area contributed by atoms with Gasteiger partial charge in [-0.1, -0.05) is 6.92 Å². The van der Waals surface area contributed by atoms with Crippen molar-refractivity contribution in [3.63, 3.8) is 0 Å². The van der Waals surface area contributed by atoms with E-state index in [2.05, 4.69) is 17.2 Å². The molecule has 0 aliphatic carbocycles. The van der Waals surface area contributed by atoms with E-state index in [0.717, 1.165) is 31.4 Å². The highest BCUT2D eigenvalue weighted by molar-refractivity contribution is 5.22. The van der Waals surface area contributed by atoms with Crippen molar-refractivity contribution in [2.24, 2.45) is 0 Å². The lowest BCUT2D eigenvalue weighted by molar-refractivity contribution is 0.372. The Morgan fingerprint density at radius 3 is 3.00 bits per heavy atom. The molecule has 1 saturated heterocycles. The van der Waals surface area contributed by atoms with Crippen molar-refractivity contribution in [1.29, 1.82) is 0 Å². The average Bonchev–Trinajstić information content (AvgIpc) is 2.67. The molecule has 0 aromatic carbocycles. The van der Waals surface area contributed by atoms with Crippen LogP contribution in [0.25, 0.3) is 0 Å². The van der Waals surface area contributed by atoms with Crippen LogP contribution in [0.15, 0.2) is 18.5 Å². The van der Waals surface area contributed by atoms with Gasteiger partial charge in [-0.15, -0.1) is 0 Å². The Balaban J connectivity index is 2.35. The largest absolute Gasteiger partial charge is 0.307 e. The monoisotopic (exact) mass is 194 g/mol. The van der Waals surface area contributed by atoms with Crippen molar-refractivity contribution in [3.8, 4) is 0 Å². The number of rotatable bonds is 2. The summed E-state index contributed by atoms with van der Waals surface area (Å²) in [5.41, 5.74) is 0.951. The van der Waals surface area contributed by atoms with E-state index >= 15 is 0 Å². The van der Waals surface area contributed by atoms with Crippen molar-refractivity contribution in [2.45, 2.75) is 31.7 Å². The summed E-state index contributed by atoms with van der Waals surface area (Å²) in [6.07, 6.45) is 6.24. The van der Waals surface area contributed by atoms with Crippen LogP contribution in [-0.4, -0.2) is 11.5 Å². The first-order valence-corrected chi connectivity index (χ1v) is 5.13. The van der Waals surface area contributed by atoms with Crippen molar-refractivity contribution >= 4 is 0 Å². The third-order valence-corrected chi connectivity index (χ3v) is 3.10. The first-order valence-electron chi connectivity index (χ1n) is 5.13. The van der Waals surface area contributed by atoms with Gasteiger partial charge in [-0.05, 0) is 37.4 Å². The molecule has 1 N–H and O–H groups in total. The fourth-order valence-electron chi connectivity index (χ4n) is 2.23. The van der Waals surface area contributed by atoms with Gasteiger partial charge in [0.15, 0.2) is 0 Å². The second kappa shape index (κ2) is 3.65. The van der Waals surface area contributed by atoms with Gasteiger partial charge in [-0.2, -0.15) is 0 Å². The Kier molecular flexibility index (Phi) is 2.50. The minimum atomic E-state index is -0.246. The van der Waals surface area contributed by atoms with Gasteiger partial charge in [-0.3, -0.25) is 4.98 Å². The maximum Gasteiger partial charge on any atom is 0.141 e. The predicted molar refractivity (Wildman–Crippen MR) is 53.4 cm³/mol. The van der Waals surface area contributed by atoms with E-state index < -0.39 is 0 Å². The van der Waals surface area contributed by atoms with Crippen LogP contribution in [0.1, 0.15) is 31.7 Å². The number of hydrogen-bond donors (Lipinski definition) is 1. The van der Waals surface area contributed by atoms with Gasteiger partial charge < -0.3 is 5.32 Å². The number of halogens is 1. The molecule has 76 valence electrons. The fraction of sp³-hybridized carbons (Fsp3) is 0.545. The van der Waals surface area contributed by atoms with Crippen molar-refractivity contribution < 1.29 is 4.39 Å². The molecule has 3 heteroatoms. The molecule has 1 aliphatic rings. The van der Waals surface area contributed by atoms with Gasteiger partial charge in [-0.25, -0.2) is 4.39 Å². The molecule has 0 amide bonds. The minimum absolute atomic E-state index is 0.0326. The Labute approximate surface area is 83.6 Å². The zero-order valence-corrected chi connectivity index (χ0v) is 8.39. The summed E-state index contributed by atoms with van der Waals surface area (Å²) in [6, 6.07) is 1.59. The lowest BCUT2D eigenvalue weighted by atomic mass is 9.87. The normalized spacial score (nSPS) is 26.7. The van der Waals surface area contributed by atoms with Crippen molar-refractivity contribution in [2.75, 3.05) is 6.54 Å². The number of nitrogens with one attached hydrogen (secondary N) is 1. The van der Waals surface area contributed by atoms with Crippen LogP contribution in [0.2, 0.25) is 0 Å². The van der Waals surface area contributed by atoms with Crippen LogP contribution >= 0.6 is 0 Å². The van der Waals surface area contributed by atoms with Crippen LogP contribution in [0.5, 0.6) is 0 Å². The van der Waals surface area contributed by atoms with Crippen LogP contribution in [0.4, 0.5) is 4.39 Å². The van der Waals surface area contributed by atoms with Gasteiger partial charge in [0.25, 0.3) is 0 Å². The molecular formula is C11H15FN2. The van der Waals surface area contributed by atoms with Crippen molar-refractivity contribution in [1.82, 2.24) is 10.3 Å². The zero-order chi connectivity index (χ0) is 10.0. The molecule has 1 atom stereocenters. The van der Waals surface area contributed by atoms with Crippen molar-refractivity contribution in [3.05, 3.63) is 29.8 Å².